The van der Waals surface area contributed by atoms with Gasteiger partial charge in [0, 0.05) is 12.7 Å². The molecule has 0 saturated carbocycles. The van der Waals surface area contributed by atoms with Crippen LogP contribution in [0, 0.1) is 6.92 Å². The van der Waals surface area contributed by atoms with Crippen LogP contribution in [0.5, 0.6) is 0 Å². The number of hydrogen-bond acceptors (Lipinski definition) is 1. The zero-order valence-electron chi connectivity index (χ0n) is 10.7. The summed E-state index contributed by atoms with van der Waals surface area (Å²) in [6.07, 6.45) is 1.97. The van der Waals surface area contributed by atoms with Gasteiger partial charge in [-0.15, -0.1) is 0 Å². The number of aromatic amines is 1. The molecule has 0 aliphatic heterocycles. The Labute approximate surface area is 117 Å². The molecule has 0 atom stereocenters. The molecule has 0 amide bonds. The van der Waals surface area contributed by atoms with Crippen LogP contribution in [0.3, 0.4) is 0 Å². The van der Waals surface area contributed by atoms with Gasteiger partial charge in [0.25, 0.3) is 0 Å². The van der Waals surface area contributed by atoms with Crippen LogP contribution in [0.15, 0.2) is 48.7 Å². The topological polar surface area (TPSA) is 27.8 Å². The highest BCUT2D eigenvalue weighted by Gasteiger charge is 2.04. The van der Waals surface area contributed by atoms with Crippen LogP contribution in [-0.4, -0.2) is 4.98 Å². The predicted octanol–water partition coefficient (Wildman–Crippen LogP) is 4.74. The summed E-state index contributed by atoms with van der Waals surface area (Å²) < 4.78 is 0. The lowest BCUT2D eigenvalue weighted by Gasteiger charge is -2.10. The summed E-state index contributed by atoms with van der Waals surface area (Å²) in [6.45, 7) is 2.81. The van der Waals surface area contributed by atoms with Gasteiger partial charge < -0.3 is 10.3 Å². The van der Waals surface area contributed by atoms with Crippen LogP contribution in [0.2, 0.25) is 5.02 Å². The zero-order valence-corrected chi connectivity index (χ0v) is 11.5. The minimum Gasteiger partial charge on any atom is -0.380 e. The maximum atomic E-state index is 6.19. The van der Waals surface area contributed by atoms with Gasteiger partial charge in [-0.3, -0.25) is 0 Å². The van der Waals surface area contributed by atoms with Crippen LogP contribution < -0.4 is 5.32 Å². The minimum absolute atomic E-state index is 0.751. The molecule has 96 valence electrons. The van der Waals surface area contributed by atoms with E-state index < -0.39 is 0 Å². The molecular weight excluding hydrogens is 256 g/mol. The predicted molar refractivity (Wildman–Crippen MR) is 81.8 cm³/mol. The van der Waals surface area contributed by atoms with Gasteiger partial charge in [-0.1, -0.05) is 35.9 Å². The van der Waals surface area contributed by atoms with Gasteiger partial charge in [-0.25, -0.2) is 0 Å². The summed E-state index contributed by atoms with van der Waals surface area (Å²) in [7, 11) is 0. The molecule has 0 spiro atoms. The molecule has 3 rings (SSSR count). The summed E-state index contributed by atoms with van der Waals surface area (Å²) in [6, 6.07) is 14.4. The lowest BCUT2D eigenvalue weighted by molar-refractivity contribution is 1.16. The maximum Gasteiger partial charge on any atom is 0.0637 e. The molecule has 3 heteroatoms. The smallest absolute Gasteiger partial charge is 0.0637 e. The van der Waals surface area contributed by atoms with Crippen molar-refractivity contribution in [2.24, 2.45) is 0 Å². The van der Waals surface area contributed by atoms with Gasteiger partial charge in [0.05, 0.1) is 16.2 Å². The van der Waals surface area contributed by atoms with Gasteiger partial charge in [0.1, 0.15) is 0 Å². The third kappa shape index (κ3) is 2.45. The second-order valence-corrected chi connectivity index (χ2v) is 5.10. The molecule has 2 N–H and O–H groups in total. The van der Waals surface area contributed by atoms with E-state index in [4.69, 9.17) is 11.6 Å². The first-order valence-electron chi connectivity index (χ1n) is 6.29. The Morgan fingerprint density at radius 3 is 2.95 bits per heavy atom. The van der Waals surface area contributed by atoms with Gasteiger partial charge in [0.15, 0.2) is 0 Å². The lowest BCUT2D eigenvalue weighted by Crippen LogP contribution is -2.01. The van der Waals surface area contributed by atoms with Crippen LogP contribution in [0.1, 0.15) is 11.1 Å². The maximum absolute atomic E-state index is 6.19. The average molecular weight is 271 g/mol. The molecule has 0 radical (unpaired) electrons. The summed E-state index contributed by atoms with van der Waals surface area (Å²) in [5, 5.41) is 5.39. The molecule has 0 aliphatic rings. The number of aryl methyl sites for hydroxylation is 1. The molecule has 2 nitrogen and oxygen atoms in total. The Kier molecular flexibility index (Phi) is 3.18. The minimum atomic E-state index is 0.751. The number of H-pyrrole nitrogens is 1. The van der Waals surface area contributed by atoms with E-state index in [1.807, 2.05) is 18.3 Å². The molecule has 1 aromatic heterocycles. The second-order valence-electron chi connectivity index (χ2n) is 4.70. The van der Waals surface area contributed by atoms with E-state index >= 15 is 0 Å². The third-order valence-corrected chi connectivity index (χ3v) is 3.59. The van der Waals surface area contributed by atoms with E-state index in [2.05, 4.69) is 47.6 Å². The van der Waals surface area contributed by atoms with E-state index in [-0.39, 0.29) is 0 Å². The van der Waals surface area contributed by atoms with Gasteiger partial charge >= 0.3 is 0 Å². The molecule has 2 aromatic carbocycles. The fourth-order valence-electron chi connectivity index (χ4n) is 2.26. The largest absolute Gasteiger partial charge is 0.380 e. The van der Waals surface area contributed by atoms with Crippen LogP contribution in [0.25, 0.3) is 10.9 Å². The number of rotatable bonds is 3. The van der Waals surface area contributed by atoms with Crippen molar-refractivity contribution in [3.05, 3.63) is 64.8 Å². The fourth-order valence-corrected chi connectivity index (χ4v) is 2.45. The Balaban J connectivity index is 1.86. The number of fused-ring (bicyclic) bond motifs is 1. The summed E-state index contributed by atoms with van der Waals surface area (Å²) in [5.41, 5.74) is 4.59. The van der Waals surface area contributed by atoms with Gasteiger partial charge in [-0.05, 0) is 41.6 Å². The number of benzene rings is 2. The van der Waals surface area contributed by atoms with Crippen molar-refractivity contribution in [1.29, 1.82) is 0 Å². The highest BCUT2D eigenvalue weighted by atomic mass is 35.5. The van der Waals surface area contributed by atoms with Crippen LogP contribution in [-0.2, 0) is 6.54 Å². The highest BCUT2D eigenvalue weighted by Crippen LogP contribution is 2.24. The Hall–Kier alpha value is -1.93. The van der Waals surface area contributed by atoms with Crippen molar-refractivity contribution in [3.63, 3.8) is 0 Å². The summed E-state index contributed by atoms with van der Waals surface area (Å²) in [5.74, 6) is 0. The van der Waals surface area contributed by atoms with Crippen molar-refractivity contribution < 1.29 is 0 Å². The quantitative estimate of drug-likeness (QED) is 0.707. The summed E-state index contributed by atoms with van der Waals surface area (Å²) in [4.78, 5) is 3.28. The molecule has 0 bridgehead atoms. The molecule has 0 fully saturated rings. The first-order chi connectivity index (χ1) is 9.24. The molecule has 0 saturated heterocycles. The van der Waals surface area contributed by atoms with E-state index in [1.54, 1.807) is 0 Å². The number of anilines is 1. The standard InChI is InChI=1S/C16H15ClN2/c1-11-5-6-14(17)15(9-11)19-10-13-4-2-3-12-7-8-18-16(12)13/h2-9,18-19H,10H2,1H3. The lowest BCUT2D eigenvalue weighted by atomic mass is 10.1. The second kappa shape index (κ2) is 4.98. The number of para-hydroxylation sites is 1. The van der Waals surface area contributed by atoms with E-state index in [9.17, 15) is 0 Å². The molecule has 3 aromatic rings. The molecule has 19 heavy (non-hydrogen) atoms. The SMILES string of the molecule is Cc1ccc(Cl)c(NCc2cccc3cc[nH]c23)c1. The Morgan fingerprint density at radius 1 is 1.16 bits per heavy atom. The molecule has 0 unspecified atom stereocenters. The monoisotopic (exact) mass is 270 g/mol. The first kappa shape index (κ1) is 12.1. The number of aromatic nitrogens is 1. The number of halogens is 1. The van der Waals surface area contributed by atoms with Crippen molar-refractivity contribution in [2.75, 3.05) is 5.32 Å². The average Bonchev–Trinajstić information content (AvgIpc) is 2.88. The normalized spacial score (nSPS) is 10.8. The van der Waals surface area contributed by atoms with E-state index in [0.29, 0.717) is 0 Å². The third-order valence-electron chi connectivity index (χ3n) is 3.26. The number of hydrogen-bond donors (Lipinski definition) is 2. The van der Waals surface area contributed by atoms with E-state index in [0.717, 1.165) is 17.3 Å². The molecule has 0 aliphatic carbocycles. The van der Waals surface area contributed by atoms with Crippen molar-refractivity contribution >= 4 is 28.2 Å². The van der Waals surface area contributed by atoms with E-state index in [1.165, 1.54) is 22.0 Å². The van der Waals surface area contributed by atoms with Gasteiger partial charge in [0.2, 0.25) is 0 Å². The summed E-state index contributed by atoms with van der Waals surface area (Å²) >= 11 is 6.19. The first-order valence-corrected chi connectivity index (χ1v) is 6.67. The zero-order chi connectivity index (χ0) is 13.2. The van der Waals surface area contributed by atoms with Crippen molar-refractivity contribution in [1.82, 2.24) is 4.98 Å². The Bertz CT molecular complexity index is 716. The van der Waals surface area contributed by atoms with Crippen LogP contribution in [0.4, 0.5) is 5.69 Å². The van der Waals surface area contributed by atoms with Gasteiger partial charge in [-0.2, -0.15) is 0 Å². The van der Waals surface area contributed by atoms with Crippen LogP contribution >= 0.6 is 11.6 Å². The molecular formula is C16H15ClN2. The highest BCUT2D eigenvalue weighted by molar-refractivity contribution is 6.33. The van der Waals surface area contributed by atoms with Crippen molar-refractivity contribution in [2.45, 2.75) is 13.5 Å². The Morgan fingerprint density at radius 2 is 2.05 bits per heavy atom. The van der Waals surface area contributed by atoms with Crippen molar-refractivity contribution in [3.8, 4) is 0 Å². The number of nitrogens with one attached hydrogen (secondary N) is 2. The molecule has 1 heterocycles. The fraction of sp³-hybridized carbons (Fsp3) is 0.125.